The largest absolute Gasteiger partial charge is 0.497 e. The van der Waals surface area contributed by atoms with Crippen LogP contribution < -0.4 is 14.2 Å². The monoisotopic (exact) mass is 405 g/mol. The van der Waals surface area contributed by atoms with Crippen molar-refractivity contribution in [2.75, 3.05) is 14.2 Å². The minimum atomic E-state index is -0.593. The van der Waals surface area contributed by atoms with Gasteiger partial charge in [0.25, 0.3) is 5.69 Å². The lowest BCUT2D eigenvalue weighted by Crippen LogP contribution is -2.10. The average Bonchev–Trinajstić information content (AvgIpc) is 2.78. The molecule has 3 rings (SSSR count). The maximum absolute atomic E-state index is 12.9. The molecule has 0 N–H and O–H groups in total. The van der Waals surface area contributed by atoms with Crippen molar-refractivity contribution >= 4 is 23.3 Å². The summed E-state index contributed by atoms with van der Waals surface area (Å²) in [5.41, 5.74) is 1.65. The highest BCUT2D eigenvalue weighted by molar-refractivity contribution is 6.22. The average molecular weight is 405 g/mol. The van der Waals surface area contributed by atoms with Crippen LogP contribution in [0.4, 0.5) is 5.69 Å². The number of carbonyl (C=O) groups is 1. The van der Waals surface area contributed by atoms with Crippen LogP contribution in [-0.4, -0.2) is 25.1 Å². The molecule has 30 heavy (non-hydrogen) atoms. The fraction of sp³-hybridized carbons (Fsp3) is 0.0870. The molecule has 3 aromatic carbocycles. The molecule has 0 fully saturated rings. The molecule has 0 amide bonds. The van der Waals surface area contributed by atoms with Crippen molar-refractivity contribution in [3.63, 3.8) is 0 Å². The Morgan fingerprint density at radius 1 is 0.800 bits per heavy atom. The van der Waals surface area contributed by atoms with Crippen molar-refractivity contribution in [3.05, 3.63) is 94.0 Å². The highest BCUT2D eigenvalue weighted by Crippen LogP contribution is 2.25. The van der Waals surface area contributed by atoms with Crippen LogP contribution >= 0.6 is 0 Å². The predicted octanol–water partition coefficient (Wildman–Crippen LogP) is 4.76. The lowest BCUT2D eigenvalue weighted by molar-refractivity contribution is -0.384. The molecule has 3 aromatic rings. The first kappa shape index (κ1) is 20.6. The Balaban J connectivity index is 1.93. The van der Waals surface area contributed by atoms with E-state index in [1.54, 1.807) is 56.7 Å². The summed E-state index contributed by atoms with van der Waals surface area (Å²) in [5, 5.41) is 10.8. The van der Waals surface area contributed by atoms with E-state index < -0.39 is 10.9 Å². The molecule has 0 aromatic heterocycles. The summed E-state index contributed by atoms with van der Waals surface area (Å²) in [7, 11) is 3.14. The zero-order valence-corrected chi connectivity index (χ0v) is 16.4. The topological polar surface area (TPSA) is 87.9 Å². The van der Waals surface area contributed by atoms with Crippen LogP contribution in [0.3, 0.4) is 0 Å². The Bertz CT molecular complexity index is 1050. The molecule has 0 heterocycles. The Hall–Kier alpha value is -4.13. The third kappa shape index (κ3) is 5.02. The molecule has 7 heteroatoms. The molecule has 0 aliphatic rings. The van der Waals surface area contributed by atoms with Gasteiger partial charge in [0, 0.05) is 12.1 Å². The number of hydrogen-bond donors (Lipinski definition) is 0. The van der Waals surface area contributed by atoms with Crippen molar-refractivity contribution < 1.29 is 23.9 Å². The van der Waals surface area contributed by atoms with E-state index in [1.165, 1.54) is 24.3 Å². The summed E-state index contributed by atoms with van der Waals surface area (Å²) in [5.74, 6) is 0.975. The van der Waals surface area contributed by atoms with E-state index in [0.29, 0.717) is 22.6 Å². The molecule has 0 saturated heterocycles. The van der Waals surface area contributed by atoms with Crippen LogP contribution in [0.5, 0.6) is 17.2 Å². The first-order valence-electron chi connectivity index (χ1n) is 8.97. The van der Waals surface area contributed by atoms with Crippen molar-refractivity contribution in [2.24, 2.45) is 0 Å². The van der Waals surface area contributed by atoms with Gasteiger partial charge in [-0.15, -0.1) is 0 Å². The predicted molar refractivity (Wildman–Crippen MR) is 113 cm³/mol. The Kier molecular flexibility index (Phi) is 6.44. The number of benzene rings is 3. The summed E-state index contributed by atoms with van der Waals surface area (Å²) in [4.78, 5) is 23.2. The number of nitro benzene ring substituents is 1. The SMILES string of the molecule is COc1ccc(/C=C(/C(=O)Oc2ccc([N+](=O)[O-])cc2)c2ccc(OC)cc2)cc1. The zero-order valence-electron chi connectivity index (χ0n) is 16.4. The quantitative estimate of drug-likeness (QED) is 0.141. The van der Waals surface area contributed by atoms with Crippen molar-refractivity contribution in [1.82, 2.24) is 0 Å². The van der Waals surface area contributed by atoms with Gasteiger partial charge in [0.1, 0.15) is 17.2 Å². The summed E-state index contributed by atoms with van der Waals surface area (Å²) in [6, 6.07) is 19.6. The van der Waals surface area contributed by atoms with E-state index in [0.717, 1.165) is 5.56 Å². The molecule has 0 radical (unpaired) electrons. The molecule has 7 nitrogen and oxygen atoms in total. The van der Waals surface area contributed by atoms with Crippen LogP contribution in [0.1, 0.15) is 11.1 Å². The van der Waals surface area contributed by atoms with Gasteiger partial charge < -0.3 is 14.2 Å². The van der Waals surface area contributed by atoms with Gasteiger partial charge in [0.15, 0.2) is 0 Å². The number of rotatable bonds is 7. The van der Waals surface area contributed by atoms with E-state index in [1.807, 2.05) is 12.1 Å². The van der Waals surface area contributed by atoms with E-state index in [2.05, 4.69) is 0 Å². The first-order chi connectivity index (χ1) is 14.5. The van der Waals surface area contributed by atoms with Gasteiger partial charge in [-0.25, -0.2) is 4.79 Å². The van der Waals surface area contributed by atoms with E-state index in [4.69, 9.17) is 14.2 Å². The first-order valence-corrected chi connectivity index (χ1v) is 8.97. The third-order valence-corrected chi connectivity index (χ3v) is 4.31. The highest BCUT2D eigenvalue weighted by atomic mass is 16.6. The third-order valence-electron chi connectivity index (χ3n) is 4.31. The van der Waals surface area contributed by atoms with Crippen LogP contribution in [0.15, 0.2) is 72.8 Å². The smallest absolute Gasteiger partial charge is 0.344 e. The Morgan fingerprint density at radius 2 is 1.30 bits per heavy atom. The Labute approximate surface area is 173 Å². The molecular weight excluding hydrogens is 386 g/mol. The van der Waals surface area contributed by atoms with Crippen molar-refractivity contribution in [2.45, 2.75) is 0 Å². The second kappa shape index (κ2) is 9.38. The number of methoxy groups -OCH3 is 2. The summed E-state index contributed by atoms with van der Waals surface area (Å²) < 4.78 is 15.8. The second-order valence-corrected chi connectivity index (χ2v) is 6.20. The van der Waals surface area contributed by atoms with E-state index in [9.17, 15) is 14.9 Å². The maximum atomic E-state index is 12.9. The molecule has 0 aliphatic carbocycles. The minimum Gasteiger partial charge on any atom is -0.497 e. The summed E-state index contributed by atoms with van der Waals surface area (Å²) in [6.07, 6.45) is 1.70. The standard InChI is InChI=1S/C23H19NO6/c1-28-19-9-3-16(4-10-19)15-22(17-5-11-20(29-2)12-6-17)23(25)30-21-13-7-18(8-14-21)24(26)27/h3-15H,1-2H3/b22-15+. The second-order valence-electron chi connectivity index (χ2n) is 6.20. The number of nitro groups is 1. The van der Waals surface area contributed by atoms with Gasteiger partial charge in [0.2, 0.25) is 0 Å². The normalized spacial score (nSPS) is 10.9. The summed E-state index contributed by atoms with van der Waals surface area (Å²) >= 11 is 0. The van der Waals surface area contributed by atoms with Crippen molar-refractivity contribution in [3.8, 4) is 17.2 Å². The van der Waals surface area contributed by atoms with Gasteiger partial charge >= 0.3 is 5.97 Å². The molecular formula is C23H19NO6. The number of carbonyl (C=O) groups excluding carboxylic acids is 1. The van der Waals surface area contributed by atoms with Gasteiger partial charge in [-0.1, -0.05) is 24.3 Å². The Morgan fingerprint density at radius 3 is 1.80 bits per heavy atom. The number of hydrogen-bond acceptors (Lipinski definition) is 6. The molecule has 0 aliphatic heterocycles. The number of nitrogens with zero attached hydrogens (tertiary/aromatic N) is 1. The minimum absolute atomic E-state index is 0.0843. The zero-order chi connectivity index (χ0) is 21.5. The van der Waals surface area contributed by atoms with Crippen LogP contribution in [-0.2, 0) is 4.79 Å². The van der Waals surface area contributed by atoms with Gasteiger partial charge in [-0.2, -0.15) is 0 Å². The lowest BCUT2D eigenvalue weighted by Gasteiger charge is -2.10. The van der Waals surface area contributed by atoms with Gasteiger partial charge in [-0.05, 0) is 53.6 Å². The van der Waals surface area contributed by atoms with Crippen LogP contribution in [0, 0.1) is 10.1 Å². The molecule has 0 spiro atoms. The maximum Gasteiger partial charge on any atom is 0.344 e. The van der Waals surface area contributed by atoms with Gasteiger partial charge in [0.05, 0.1) is 24.7 Å². The number of ether oxygens (including phenoxy) is 3. The molecule has 0 bridgehead atoms. The van der Waals surface area contributed by atoms with Crippen LogP contribution in [0.25, 0.3) is 11.6 Å². The molecule has 0 saturated carbocycles. The lowest BCUT2D eigenvalue weighted by atomic mass is 10.0. The fourth-order valence-corrected chi connectivity index (χ4v) is 2.70. The van der Waals surface area contributed by atoms with E-state index in [-0.39, 0.29) is 11.4 Å². The van der Waals surface area contributed by atoms with Crippen molar-refractivity contribution in [1.29, 1.82) is 0 Å². The molecule has 0 unspecified atom stereocenters. The number of non-ortho nitro benzene ring substituents is 1. The molecule has 0 atom stereocenters. The summed E-state index contributed by atoms with van der Waals surface area (Å²) in [6.45, 7) is 0. The van der Waals surface area contributed by atoms with Crippen LogP contribution in [0.2, 0.25) is 0 Å². The fourth-order valence-electron chi connectivity index (χ4n) is 2.70. The number of esters is 1. The van der Waals surface area contributed by atoms with Gasteiger partial charge in [-0.3, -0.25) is 10.1 Å². The molecule has 152 valence electrons. The highest BCUT2D eigenvalue weighted by Gasteiger charge is 2.16. The van der Waals surface area contributed by atoms with E-state index >= 15 is 0 Å².